The van der Waals surface area contributed by atoms with Gasteiger partial charge in [-0.15, -0.1) is 0 Å². The highest BCUT2D eigenvalue weighted by atomic mass is 16.3. The van der Waals surface area contributed by atoms with Crippen molar-refractivity contribution in [2.24, 2.45) is 5.92 Å². The third-order valence-electron chi connectivity index (χ3n) is 4.60. The maximum Gasteiger partial charge on any atom is 0.0611 e. The molecule has 0 aromatic carbocycles. The van der Waals surface area contributed by atoms with Crippen LogP contribution in [0.3, 0.4) is 0 Å². The summed E-state index contributed by atoms with van der Waals surface area (Å²) in [4.78, 5) is 2.60. The van der Waals surface area contributed by atoms with Gasteiger partial charge in [-0.05, 0) is 58.2 Å². The van der Waals surface area contributed by atoms with E-state index < -0.39 is 0 Å². The summed E-state index contributed by atoms with van der Waals surface area (Å²) in [7, 11) is 0. The minimum atomic E-state index is -0.136. The Morgan fingerprint density at radius 2 is 2.05 bits per heavy atom. The number of likely N-dealkylation sites (tertiary alicyclic amines) is 1. The minimum Gasteiger partial charge on any atom is -0.394 e. The summed E-state index contributed by atoms with van der Waals surface area (Å²) < 4.78 is 0. The molecule has 3 heteroatoms. The summed E-state index contributed by atoms with van der Waals surface area (Å²) in [5, 5.41) is 13.2. The average molecular weight is 284 g/mol. The molecule has 2 atom stereocenters. The van der Waals surface area contributed by atoms with Gasteiger partial charge in [0.2, 0.25) is 0 Å². The fraction of sp³-hybridized carbons (Fsp3) is 1.00. The standard InChI is InChI=1S/C17H36N2O/c1-5-7-16-8-6-11-19(12-9-16)13-10-17(4,14-20)18-15(2)3/h15-16,18,20H,5-14H2,1-4H3. The van der Waals surface area contributed by atoms with E-state index in [4.69, 9.17) is 0 Å². The van der Waals surface area contributed by atoms with Gasteiger partial charge in [0, 0.05) is 11.6 Å². The maximum atomic E-state index is 9.65. The Morgan fingerprint density at radius 3 is 2.65 bits per heavy atom. The molecular weight excluding hydrogens is 248 g/mol. The first-order valence-electron chi connectivity index (χ1n) is 8.60. The van der Waals surface area contributed by atoms with Crippen molar-refractivity contribution in [3.63, 3.8) is 0 Å². The van der Waals surface area contributed by atoms with E-state index in [1.165, 1.54) is 45.2 Å². The summed E-state index contributed by atoms with van der Waals surface area (Å²) >= 11 is 0. The third-order valence-corrected chi connectivity index (χ3v) is 4.60. The van der Waals surface area contributed by atoms with E-state index in [1.54, 1.807) is 0 Å². The third kappa shape index (κ3) is 6.55. The molecule has 0 bridgehead atoms. The first-order valence-corrected chi connectivity index (χ1v) is 8.60. The van der Waals surface area contributed by atoms with E-state index >= 15 is 0 Å². The van der Waals surface area contributed by atoms with E-state index in [9.17, 15) is 5.11 Å². The monoisotopic (exact) mass is 284 g/mol. The van der Waals surface area contributed by atoms with Crippen molar-refractivity contribution in [3.05, 3.63) is 0 Å². The molecule has 0 amide bonds. The summed E-state index contributed by atoms with van der Waals surface area (Å²) in [6, 6.07) is 0.421. The van der Waals surface area contributed by atoms with Crippen molar-refractivity contribution in [2.45, 2.75) is 77.8 Å². The van der Waals surface area contributed by atoms with Crippen molar-refractivity contribution in [1.82, 2.24) is 10.2 Å². The molecule has 120 valence electrons. The zero-order valence-corrected chi connectivity index (χ0v) is 14.1. The molecule has 0 aliphatic carbocycles. The van der Waals surface area contributed by atoms with E-state index in [1.807, 2.05) is 0 Å². The van der Waals surface area contributed by atoms with Crippen LogP contribution in [0, 0.1) is 5.92 Å². The molecule has 2 N–H and O–H groups in total. The lowest BCUT2D eigenvalue weighted by molar-refractivity contribution is 0.138. The number of hydrogen-bond donors (Lipinski definition) is 2. The molecule has 1 fully saturated rings. The number of aliphatic hydroxyl groups excluding tert-OH is 1. The zero-order valence-electron chi connectivity index (χ0n) is 14.1. The average Bonchev–Trinajstić information content (AvgIpc) is 2.62. The Bertz CT molecular complexity index is 257. The van der Waals surface area contributed by atoms with Crippen molar-refractivity contribution < 1.29 is 5.11 Å². The first kappa shape index (κ1) is 17.9. The minimum absolute atomic E-state index is 0.136. The van der Waals surface area contributed by atoms with Gasteiger partial charge in [0.15, 0.2) is 0 Å². The molecule has 3 nitrogen and oxygen atoms in total. The van der Waals surface area contributed by atoms with Gasteiger partial charge in [0.25, 0.3) is 0 Å². The molecule has 1 heterocycles. The smallest absolute Gasteiger partial charge is 0.0611 e. The first-order chi connectivity index (χ1) is 9.49. The van der Waals surface area contributed by atoms with E-state index in [2.05, 4.69) is 37.9 Å². The van der Waals surface area contributed by atoms with E-state index in [0.29, 0.717) is 6.04 Å². The predicted octanol–water partition coefficient (Wildman–Crippen LogP) is 3.03. The van der Waals surface area contributed by atoms with Gasteiger partial charge in [-0.3, -0.25) is 0 Å². The fourth-order valence-electron chi connectivity index (χ4n) is 3.44. The molecule has 20 heavy (non-hydrogen) atoms. The zero-order chi connectivity index (χ0) is 15.0. The second-order valence-corrected chi connectivity index (χ2v) is 7.20. The number of nitrogens with zero attached hydrogens (tertiary/aromatic N) is 1. The molecule has 1 rings (SSSR count). The van der Waals surface area contributed by atoms with Crippen LogP contribution in [0.4, 0.5) is 0 Å². The highest BCUT2D eigenvalue weighted by Gasteiger charge is 2.25. The van der Waals surface area contributed by atoms with Gasteiger partial charge in [-0.25, -0.2) is 0 Å². The SMILES string of the molecule is CCCC1CCCN(CCC(C)(CO)NC(C)C)CC1. The Hall–Kier alpha value is -0.120. The van der Waals surface area contributed by atoms with Crippen molar-refractivity contribution in [2.75, 3.05) is 26.2 Å². The number of hydrogen-bond acceptors (Lipinski definition) is 3. The van der Waals surface area contributed by atoms with Crippen LogP contribution < -0.4 is 5.32 Å². The molecule has 0 aromatic heterocycles. The second kappa shape index (κ2) is 9.01. The van der Waals surface area contributed by atoms with Crippen molar-refractivity contribution in [3.8, 4) is 0 Å². The van der Waals surface area contributed by atoms with Crippen LogP contribution in [0.5, 0.6) is 0 Å². The topological polar surface area (TPSA) is 35.5 Å². The van der Waals surface area contributed by atoms with Crippen LogP contribution in [0.15, 0.2) is 0 Å². The summed E-state index contributed by atoms with van der Waals surface area (Å²) in [5.41, 5.74) is -0.136. The lowest BCUT2D eigenvalue weighted by atomic mass is 9.96. The van der Waals surface area contributed by atoms with Crippen LogP contribution in [-0.4, -0.2) is 47.8 Å². The predicted molar refractivity (Wildman–Crippen MR) is 87.1 cm³/mol. The number of aliphatic hydroxyl groups is 1. The molecule has 2 unspecified atom stereocenters. The van der Waals surface area contributed by atoms with Gasteiger partial charge in [-0.2, -0.15) is 0 Å². The Kier molecular flexibility index (Phi) is 8.08. The van der Waals surface area contributed by atoms with Crippen LogP contribution in [-0.2, 0) is 0 Å². The molecule has 1 aliphatic rings. The molecule has 1 saturated heterocycles. The van der Waals surface area contributed by atoms with Crippen LogP contribution in [0.2, 0.25) is 0 Å². The normalized spacial score (nSPS) is 24.6. The van der Waals surface area contributed by atoms with Crippen LogP contribution in [0.1, 0.15) is 66.2 Å². The molecule has 1 aliphatic heterocycles. The fourth-order valence-corrected chi connectivity index (χ4v) is 3.44. The number of rotatable bonds is 8. The maximum absolute atomic E-state index is 9.65. The van der Waals surface area contributed by atoms with Gasteiger partial charge in [0.1, 0.15) is 0 Å². The van der Waals surface area contributed by atoms with Gasteiger partial charge in [0.05, 0.1) is 6.61 Å². The Labute approximate surface area is 126 Å². The second-order valence-electron chi connectivity index (χ2n) is 7.20. The summed E-state index contributed by atoms with van der Waals surface area (Å²) in [6.45, 7) is 12.5. The van der Waals surface area contributed by atoms with Crippen LogP contribution in [0.25, 0.3) is 0 Å². The molecule has 0 radical (unpaired) electrons. The summed E-state index contributed by atoms with van der Waals surface area (Å²) in [5.74, 6) is 0.947. The van der Waals surface area contributed by atoms with E-state index in [-0.39, 0.29) is 12.1 Å². The quantitative estimate of drug-likeness (QED) is 0.719. The number of nitrogens with one attached hydrogen (secondary N) is 1. The Balaban J connectivity index is 2.36. The molecule has 0 aromatic rings. The van der Waals surface area contributed by atoms with Gasteiger partial charge in [-0.1, -0.05) is 33.6 Å². The largest absolute Gasteiger partial charge is 0.394 e. The van der Waals surface area contributed by atoms with E-state index in [0.717, 1.165) is 18.9 Å². The molecular formula is C17H36N2O. The van der Waals surface area contributed by atoms with Crippen molar-refractivity contribution >= 4 is 0 Å². The molecule has 0 spiro atoms. The lowest BCUT2D eigenvalue weighted by Crippen LogP contribution is -2.51. The van der Waals surface area contributed by atoms with Gasteiger partial charge < -0.3 is 15.3 Å². The molecule has 0 saturated carbocycles. The lowest BCUT2D eigenvalue weighted by Gasteiger charge is -2.33. The summed E-state index contributed by atoms with van der Waals surface area (Å²) in [6.07, 6.45) is 7.87. The highest BCUT2D eigenvalue weighted by molar-refractivity contribution is 4.85. The van der Waals surface area contributed by atoms with Crippen molar-refractivity contribution in [1.29, 1.82) is 0 Å². The van der Waals surface area contributed by atoms with Gasteiger partial charge >= 0.3 is 0 Å². The Morgan fingerprint density at radius 1 is 1.30 bits per heavy atom. The highest BCUT2D eigenvalue weighted by Crippen LogP contribution is 2.22. The van der Waals surface area contributed by atoms with Crippen LogP contribution >= 0.6 is 0 Å².